The van der Waals surface area contributed by atoms with Gasteiger partial charge in [-0.3, -0.25) is 9.97 Å². The zero-order valence-electron chi connectivity index (χ0n) is 44.4. The summed E-state index contributed by atoms with van der Waals surface area (Å²) in [4.78, 5) is 10.9. The maximum Gasteiger partial charge on any atom is 0.0887 e. The van der Waals surface area contributed by atoms with E-state index in [-0.39, 0.29) is 21.7 Å². The molecule has 6 aromatic heterocycles. The summed E-state index contributed by atoms with van der Waals surface area (Å²) in [5.74, 6) is 0. The van der Waals surface area contributed by atoms with Gasteiger partial charge in [0.2, 0.25) is 0 Å². The molecule has 11 rings (SSSR count). The van der Waals surface area contributed by atoms with E-state index in [0.717, 1.165) is 80.3 Å². The van der Waals surface area contributed by atoms with Crippen LogP contribution in [0.1, 0.15) is 162 Å². The van der Waals surface area contributed by atoms with Gasteiger partial charge >= 0.3 is 0 Å². The van der Waals surface area contributed by atoms with Crippen LogP contribution in [0.3, 0.4) is 0 Å². The van der Waals surface area contributed by atoms with Crippen LogP contribution in [-0.2, 0) is 21.7 Å². The van der Waals surface area contributed by atoms with Crippen LogP contribution in [0.5, 0.6) is 0 Å². The molecule has 0 radical (unpaired) electrons. The third-order valence-corrected chi connectivity index (χ3v) is 31.8. The fraction of sp³-hybridized carbons (Fsp3) is 0.517. The van der Waals surface area contributed by atoms with E-state index in [4.69, 9.17) is 9.97 Å². The molecular formula is C58H74N4Si2. The molecule has 0 saturated carbocycles. The quantitative estimate of drug-likeness (QED) is 0.156. The predicted octanol–water partition coefficient (Wildman–Crippen LogP) is 15.7. The Morgan fingerprint density at radius 2 is 0.781 bits per heavy atom. The van der Waals surface area contributed by atoms with Crippen molar-refractivity contribution in [1.29, 1.82) is 0 Å². The molecule has 2 aliphatic rings. The minimum atomic E-state index is -2.10. The average molecular weight is 885 g/mol. The molecule has 0 N–H and O–H groups in total. The molecule has 0 atom stereocenters. The molecule has 0 aliphatic heterocycles. The Hall–Kier alpha value is -4.01. The summed E-state index contributed by atoms with van der Waals surface area (Å²) in [6.07, 6.45) is 8.69. The standard InChI is InChI=1S/C58H74N4Si2/c1-31(2)63(17,32(3)4)35-23-39-37-27-44-38(28-43(37)61-45-29-59-53-49(47(45)41(25-35)51(39)61)55(9,10)19-21-57(53,13)14)40-24-36(64(18,33(5)6)34(7)8)26-42-48-46(62(44)52(40)42)30-60-54-50(48)56(11,12)20-22-58(54,15)16/h23-34H,19-22H2,1-18H3/i27D,28D. The van der Waals surface area contributed by atoms with E-state index < -0.39 is 16.1 Å². The highest BCUT2D eigenvalue weighted by molar-refractivity contribution is 6.93. The first-order valence-corrected chi connectivity index (χ1v) is 30.2. The Morgan fingerprint density at radius 3 is 1.11 bits per heavy atom. The lowest BCUT2D eigenvalue weighted by Gasteiger charge is -2.41. The van der Waals surface area contributed by atoms with Crippen molar-refractivity contribution in [2.75, 3.05) is 0 Å². The molecule has 334 valence electrons. The molecule has 9 aromatic rings. The number of fused-ring (bicyclic) bond motifs is 16. The van der Waals surface area contributed by atoms with Crippen LogP contribution in [0, 0.1) is 0 Å². The molecule has 0 fully saturated rings. The van der Waals surface area contributed by atoms with Crippen molar-refractivity contribution in [2.45, 2.75) is 193 Å². The lowest BCUT2D eigenvalue weighted by molar-refractivity contribution is 0.326. The maximum absolute atomic E-state index is 10.8. The van der Waals surface area contributed by atoms with Gasteiger partial charge in [-0.1, -0.05) is 159 Å². The Bertz CT molecular complexity index is 3310. The van der Waals surface area contributed by atoms with E-state index in [1.165, 1.54) is 54.4 Å². The van der Waals surface area contributed by atoms with Gasteiger partial charge in [0.25, 0.3) is 0 Å². The molecule has 6 heteroatoms. The Kier molecular flexibility index (Phi) is 8.12. The van der Waals surface area contributed by atoms with E-state index in [9.17, 15) is 2.74 Å². The van der Waals surface area contributed by atoms with Crippen LogP contribution < -0.4 is 10.4 Å². The lowest BCUT2D eigenvalue weighted by atomic mass is 9.64. The van der Waals surface area contributed by atoms with Crippen molar-refractivity contribution in [3.8, 4) is 0 Å². The minimum absolute atomic E-state index is 0.0414. The van der Waals surface area contributed by atoms with Crippen molar-refractivity contribution in [1.82, 2.24) is 18.8 Å². The van der Waals surface area contributed by atoms with Crippen LogP contribution in [0.2, 0.25) is 35.3 Å². The number of pyridine rings is 2. The highest BCUT2D eigenvalue weighted by Gasteiger charge is 2.45. The molecule has 0 unspecified atom stereocenters. The number of benzene rings is 3. The normalized spacial score (nSPS) is 19.4. The summed E-state index contributed by atoms with van der Waals surface area (Å²) in [6, 6.07) is 11.2. The van der Waals surface area contributed by atoms with Gasteiger partial charge < -0.3 is 8.80 Å². The molecule has 2 aliphatic carbocycles. The largest absolute Gasteiger partial charge is 0.306 e. The van der Waals surface area contributed by atoms with Crippen LogP contribution in [-0.4, -0.2) is 34.9 Å². The number of aromatic nitrogens is 4. The van der Waals surface area contributed by atoms with Crippen LogP contribution in [0.15, 0.2) is 48.7 Å². The number of rotatable bonds is 6. The Labute approximate surface area is 387 Å². The highest BCUT2D eigenvalue weighted by atomic mass is 28.3. The van der Waals surface area contributed by atoms with E-state index in [0.29, 0.717) is 34.2 Å². The molecule has 0 amide bonds. The molecule has 4 nitrogen and oxygen atoms in total. The van der Waals surface area contributed by atoms with Crippen LogP contribution >= 0.6 is 0 Å². The van der Waals surface area contributed by atoms with Gasteiger partial charge in [0.15, 0.2) is 0 Å². The van der Waals surface area contributed by atoms with E-state index in [1.54, 1.807) is 0 Å². The van der Waals surface area contributed by atoms with Crippen molar-refractivity contribution in [2.24, 2.45) is 0 Å². The van der Waals surface area contributed by atoms with Crippen LogP contribution in [0.4, 0.5) is 0 Å². The van der Waals surface area contributed by atoms with Gasteiger partial charge in [-0.2, -0.15) is 0 Å². The Morgan fingerprint density at radius 1 is 0.469 bits per heavy atom. The number of nitrogens with zero attached hydrogens (tertiary/aromatic N) is 4. The van der Waals surface area contributed by atoms with E-state index in [1.807, 2.05) is 0 Å². The summed E-state index contributed by atoms with van der Waals surface area (Å²) in [5, 5.41) is 12.2. The SMILES string of the molecule is [2H]c1c2c3cc([Si](C)(C(C)C)C(C)C)cc4c5c6c(ncc5n(c2c([2H])c2c5cc([Si](C)(C(C)C)C(C)C)cc7c8c9c(ncc8n(c12)c75)C(C)(C)CCC9(C)C)c43)C(C)(C)CCC6(C)C. The minimum Gasteiger partial charge on any atom is -0.306 e. The second-order valence-corrected chi connectivity index (χ2v) is 36.3. The predicted molar refractivity (Wildman–Crippen MR) is 285 cm³/mol. The second-order valence-electron chi connectivity index (χ2n) is 25.4. The fourth-order valence-corrected chi connectivity index (χ4v) is 20.8. The molecular weight excluding hydrogens is 809 g/mol. The van der Waals surface area contributed by atoms with Gasteiger partial charge in [-0.25, -0.2) is 0 Å². The first-order chi connectivity index (χ1) is 30.6. The molecule has 0 saturated heterocycles. The molecule has 0 spiro atoms. The Balaban J connectivity index is 1.42. The van der Waals surface area contributed by atoms with Gasteiger partial charge in [-0.05, 0) is 81.9 Å². The van der Waals surface area contributed by atoms with Crippen molar-refractivity contribution in [3.63, 3.8) is 0 Å². The maximum atomic E-state index is 10.8. The number of hydrogen-bond donors (Lipinski definition) is 0. The summed E-state index contributed by atoms with van der Waals surface area (Å²) in [7, 11) is -4.19. The third kappa shape index (κ3) is 5.11. The van der Waals surface area contributed by atoms with Crippen molar-refractivity contribution < 1.29 is 2.74 Å². The summed E-state index contributed by atoms with van der Waals surface area (Å²) in [5.41, 5.74) is 13.3. The van der Waals surface area contributed by atoms with E-state index in [2.05, 4.69) is 169 Å². The van der Waals surface area contributed by atoms with Crippen molar-refractivity contribution >= 4 is 103 Å². The highest BCUT2D eigenvalue weighted by Crippen LogP contribution is 2.54. The summed E-state index contributed by atoms with van der Waals surface area (Å²) >= 11 is 0. The van der Waals surface area contributed by atoms with Crippen LogP contribution in [0.25, 0.3) is 76.2 Å². The summed E-state index contributed by atoms with van der Waals surface area (Å²) in [6.45, 7) is 43.9. The smallest absolute Gasteiger partial charge is 0.0887 e. The zero-order chi connectivity index (χ0) is 47.7. The molecule has 0 bridgehead atoms. The van der Waals surface area contributed by atoms with Crippen molar-refractivity contribution in [3.05, 3.63) is 71.3 Å². The lowest BCUT2D eigenvalue weighted by Crippen LogP contribution is -2.50. The van der Waals surface area contributed by atoms with Gasteiger partial charge in [0.05, 0.1) is 75.8 Å². The second kappa shape index (κ2) is 12.9. The molecule has 6 heterocycles. The topological polar surface area (TPSA) is 34.6 Å². The zero-order valence-corrected chi connectivity index (χ0v) is 44.4. The monoisotopic (exact) mass is 885 g/mol. The molecule has 64 heavy (non-hydrogen) atoms. The van der Waals surface area contributed by atoms with Gasteiger partial charge in [-0.15, -0.1) is 0 Å². The number of hydrogen-bond acceptors (Lipinski definition) is 2. The van der Waals surface area contributed by atoms with E-state index >= 15 is 0 Å². The first kappa shape index (κ1) is 40.3. The molecule has 3 aromatic carbocycles. The average Bonchev–Trinajstić information content (AvgIpc) is 3.98. The van der Waals surface area contributed by atoms with Gasteiger partial charge in [0.1, 0.15) is 0 Å². The summed E-state index contributed by atoms with van der Waals surface area (Å²) < 4.78 is 26.4. The fourth-order valence-electron chi connectivity index (χ4n) is 13.7. The first-order valence-electron chi connectivity index (χ1n) is 25.9. The third-order valence-electron chi connectivity index (χ3n) is 19.2. The van der Waals surface area contributed by atoms with Gasteiger partial charge in [0, 0.05) is 53.9 Å².